The molecule has 3 heterocycles. The lowest BCUT2D eigenvalue weighted by Gasteiger charge is -2.23. The van der Waals surface area contributed by atoms with Crippen molar-refractivity contribution in [2.24, 2.45) is 0 Å². The lowest BCUT2D eigenvalue weighted by molar-refractivity contribution is 0.445. The molecule has 0 saturated heterocycles. The van der Waals surface area contributed by atoms with Crippen molar-refractivity contribution in [3.8, 4) is 17.3 Å². The predicted molar refractivity (Wildman–Crippen MR) is 104 cm³/mol. The van der Waals surface area contributed by atoms with E-state index in [2.05, 4.69) is 34.9 Å². The van der Waals surface area contributed by atoms with Gasteiger partial charge in [-0.05, 0) is 61.4 Å². The second kappa shape index (κ2) is 6.29. The predicted octanol–water partition coefficient (Wildman–Crippen LogP) is 5.57. The van der Waals surface area contributed by atoms with Crippen molar-refractivity contribution in [2.45, 2.75) is 57.4 Å². The van der Waals surface area contributed by atoms with E-state index in [-0.39, 0.29) is 0 Å². The number of aromatic nitrogens is 2. The Labute approximate surface area is 154 Å². The zero-order valence-electron chi connectivity index (χ0n) is 15.0. The molecule has 1 aliphatic carbocycles. The Morgan fingerprint density at radius 2 is 1.96 bits per heavy atom. The number of rotatable bonds is 1. The highest BCUT2D eigenvalue weighted by Crippen LogP contribution is 2.45. The van der Waals surface area contributed by atoms with Crippen molar-refractivity contribution >= 4 is 10.9 Å². The van der Waals surface area contributed by atoms with Crippen molar-refractivity contribution in [1.29, 1.82) is 5.26 Å². The molecule has 1 aliphatic heterocycles. The number of fused-ring (bicyclic) bond motifs is 5. The van der Waals surface area contributed by atoms with E-state index in [9.17, 15) is 5.26 Å². The van der Waals surface area contributed by atoms with Crippen LogP contribution in [-0.2, 0) is 13.0 Å². The van der Waals surface area contributed by atoms with Crippen LogP contribution in [0.5, 0.6) is 0 Å². The van der Waals surface area contributed by atoms with Gasteiger partial charge in [0.05, 0.1) is 22.8 Å². The highest BCUT2D eigenvalue weighted by atomic mass is 15.0. The number of aryl methyl sites for hydroxylation is 2. The molecule has 0 atom stereocenters. The van der Waals surface area contributed by atoms with Gasteiger partial charge in [-0.25, -0.2) is 0 Å². The molecule has 26 heavy (non-hydrogen) atoms. The summed E-state index contributed by atoms with van der Waals surface area (Å²) in [5, 5.41) is 10.8. The molecule has 1 fully saturated rings. The van der Waals surface area contributed by atoms with Crippen molar-refractivity contribution in [1.82, 2.24) is 9.55 Å². The number of hydrogen-bond acceptors (Lipinski definition) is 2. The number of nitrogens with zero attached hydrogens (tertiary/aromatic N) is 3. The van der Waals surface area contributed by atoms with Crippen molar-refractivity contribution in [3.63, 3.8) is 0 Å². The average Bonchev–Trinajstić information content (AvgIpc) is 2.89. The standard InChI is InChI=1S/C23H23N3/c24-15-16-10-11-19-21(14-16)26-13-5-9-20-18(8-4-12-25-20)23(26)22(19)17-6-2-1-3-7-17/h4,8,10-12,14,17H,1-3,5-7,9,13H2. The Bertz CT molecular complexity index is 1020. The molecule has 0 unspecified atom stereocenters. The summed E-state index contributed by atoms with van der Waals surface area (Å²) >= 11 is 0. The van der Waals surface area contributed by atoms with Gasteiger partial charge in [0, 0.05) is 29.4 Å². The molecule has 0 bridgehead atoms. The van der Waals surface area contributed by atoms with Crippen molar-refractivity contribution in [2.75, 3.05) is 0 Å². The summed E-state index contributed by atoms with van der Waals surface area (Å²) in [5.41, 5.74) is 7.41. The fraction of sp³-hybridized carbons (Fsp3) is 0.391. The minimum Gasteiger partial charge on any atom is -0.340 e. The summed E-state index contributed by atoms with van der Waals surface area (Å²) in [6, 6.07) is 12.9. The van der Waals surface area contributed by atoms with Crippen LogP contribution in [0, 0.1) is 11.3 Å². The van der Waals surface area contributed by atoms with Crippen molar-refractivity contribution in [3.05, 3.63) is 53.3 Å². The highest BCUT2D eigenvalue weighted by Gasteiger charge is 2.28. The molecule has 1 aromatic carbocycles. The maximum absolute atomic E-state index is 9.40. The molecular weight excluding hydrogens is 318 g/mol. The largest absolute Gasteiger partial charge is 0.340 e. The van der Waals surface area contributed by atoms with Crippen LogP contribution in [0.15, 0.2) is 36.5 Å². The molecular formula is C23H23N3. The van der Waals surface area contributed by atoms with E-state index in [0.717, 1.165) is 24.9 Å². The van der Waals surface area contributed by atoms with Crippen LogP contribution < -0.4 is 0 Å². The Morgan fingerprint density at radius 1 is 1.08 bits per heavy atom. The maximum atomic E-state index is 9.40. The number of benzene rings is 1. The Hall–Kier alpha value is -2.60. The molecule has 130 valence electrons. The van der Waals surface area contributed by atoms with E-state index in [1.165, 1.54) is 65.5 Å². The van der Waals surface area contributed by atoms with Crippen LogP contribution in [0.3, 0.4) is 0 Å². The highest BCUT2D eigenvalue weighted by molar-refractivity contribution is 5.94. The van der Waals surface area contributed by atoms with E-state index in [1.807, 2.05) is 12.3 Å². The monoisotopic (exact) mass is 341 g/mol. The van der Waals surface area contributed by atoms with Crippen LogP contribution in [0.4, 0.5) is 0 Å². The summed E-state index contributed by atoms with van der Waals surface area (Å²) in [6.07, 6.45) is 10.6. The Kier molecular flexibility index (Phi) is 3.78. The molecule has 5 rings (SSSR count). The molecule has 0 radical (unpaired) electrons. The lowest BCUT2D eigenvalue weighted by atomic mass is 9.81. The van der Waals surface area contributed by atoms with E-state index >= 15 is 0 Å². The third-order valence-corrected chi connectivity index (χ3v) is 6.19. The van der Waals surface area contributed by atoms with Crippen LogP contribution in [0.2, 0.25) is 0 Å². The maximum Gasteiger partial charge on any atom is 0.0992 e. The third-order valence-electron chi connectivity index (χ3n) is 6.19. The molecule has 1 saturated carbocycles. The molecule has 3 aromatic rings. The average molecular weight is 341 g/mol. The molecule has 3 nitrogen and oxygen atoms in total. The quantitative estimate of drug-likeness (QED) is 0.581. The zero-order valence-corrected chi connectivity index (χ0v) is 15.0. The van der Waals surface area contributed by atoms with Gasteiger partial charge < -0.3 is 4.57 Å². The molecule has 0 amide bonds. The van der Waals surface area contributed by atoms with Gasteiger partial charge in [-0.3, -0.25) is 4.98 Å². The Morgan fingerprint density at radius 3 is 2.81 bits per heavy atom. The first-order valence-electron chi connectivity index (χ1n) is 9.87. The third kappa shape index (κ3) is 2.36. The van der Waals surface area contributed by atoms with Gasteiger partial charge in [-0.2, -0.15) is 5.26 Å². The summed E-state index contributed by atoms with van der Waals surface area (Å²) in [7, 11) is 0. The van der Waals surface area contributed by atoms with Crippen LogP contribution in [-0.4, -0.2) is 9.55 Å². The summed E-state index contributed by atoms with van der Waals surface area (Å²) in [5.74, 6) is 0.626. The Balaban J connectivity index is 1.85. The minimum absolute atomic E-state index is 0.626. The number of nitriles is 1. The van der Waals surface area contributed by atoms with Crippen molar-refractivity contribution < 1.29 is 0 Å². The second-order valence-corrected chi connectivity index (χ2v) is 7.69. The first kappa shape index (κ1) is 15.6. The smallest absolute Gasteiger partial charge is 0.0992 e. The number of pyridine rings is 1. The molecule has 0 N–H and O–H groups in total. The van der Waals surface area contributed by atoms with Crippen LogP contribution >= 0.6 is 0 Å². The van der Waals surface area contributed by atoms with Gasteiger partial charge >= 0.3 is 0 Å². The van der Waals surface area contributed by atoms with E-state index in [0.29, 0.717) is 5.92 Å². The first-order chi connectivity index (χ1) is 12.9. The van der Waals surface area contributed by atoms with E-state index in [1.54, 1.807) is 0 Å². The molecule has 2 aliphatic rings. The minimum atomic E-state index is 0.626. The normalized spacial score (nSPS) is 17.3. The molecule has 0 spiro atoms. The van der Waals surface area contributed by atoms with Gasteiger partial charge in [-0.15, -0.1) is 0 Å². The van der Waals surface area contributed by atoms with Crippen LogP contribution in [0.25, 0.3) is 22.2 Å². The summed E-state index contributed by atoms with van der Waals surface area (Å²) in [6.45, 7) is 1.00. The zero-order chi connectivity index (χ0) is 17.5. The van der Waals surface area contributed by atoms with Gasteiger partial charge in [0.15, 0.2) is 0 Å². The topological polar surface area (TPSA) is 41.6 Å². The fourth-order valence-electron chi connectivity index (χ4n) is 5.03. The summed E-state index contributed by atoms with van der Waals surface area (Å²) in [4.78, 5) is 4.70. The van der Waals surface area contributed by atoms with Gasteiger partial charge in [0.25, 0.3) is 0 Å². The number of hydrogen-bond donors (Lipinski definition) is 0. The SMILES string of the molecule is N#Cc1ccc2c(C3CCCCC3)c3n(c2c1)CCCc1ncccc1-3. The first-order valence-corrected chi connectivity index (χ1v) is 9.87. The molecule has 3 heteroatoms. The van der Waals surface area contributed by atoms with Crippen LogP contribution in [0.1, 0.15) is 61.3 Å². The lowest BCUT2D eigenvalue weighted by Crippen LogP contribution is -2.07. The van der Waals surface area contributed by atoms with E-state index < -0.39 is 0 Å². The summed E-state index contributed by atoms with van der Waals surface area (Å²) < 4.78 is 2.48. The molecule has 2 aromatic heterocycles. The van der Waals surface area contributed by atoms with Gasteiger partial charge in [-0.1, -0.05) is 25.3 Å². The second-order valence-electron chi connectivity index (χ2n) is 7.69. The van der Waals surface area contributed by atoms with Gasteiger partial charge in [0.2, 0.25) is 0 Å². The van der Waals surface area contributed by atoms with Gasteiger partial charge in [0.1, 0.15) is 0 Å². The fourth-order valence-corrected chi connectivity index (χ4v) is 5.03. The van der Waals surface area contributed by atoms with E-state index in [4.69, 9.17) is 4.98 Å².